The van der Waals surface area contributed by atoms with Crippen molar-refractivity contribution in [3.63, 3.8) is 0 Å². The standard InChI is InChI=1S/C37H46O2S/c1-3-5-10-28-14-18-34(19-15-28)40(33-12-8-7-9-13-33,35-20-16-29(17-21-35)11-6-4-2)39-36(38)37-25-30-22-31(26-37)24-32(23-30)27-37/h7-9,12-21,30-32H,3-6,10-11,22-27H2,1-2H3. The maximum absolute atomic E-state index is 14.6. The SMILES string of the molecule is CCCCc1ccc(S(OC(=O)C23CC4CC(CC(C4)C2)C3)(c2ccccc2)c2ccc(CCCC)cc2)cc1. The van der Waals surface area contributed by atoms with Crippen LogP contribution in [0.3, 0.4) is 0 Å². The van der Waals surface area contributed by atoms with E-state index < -0.39 is 10.3 Å². The van der Waals surface area contributed by atoms with E-state index >= 15 is 0 Å². The van der Waals surface area contributed by atoms with Crippen LogP contribution in [0.2, 0.25) is 0 Å². The van der Waals surface area contributed by atoms with E-state index in [1.54, 1.807) is 0 Å². The van der Waals surface area contributed by atoms with Crippen molar-refractivity contribution in [3.8, 4) is 0 Å². The molecule has 0 heterocycles. The van der Waals surface area contributed by atoms with Crippen molar-refractivity contribution in [3.05, 3.63) is 90.0 Å². The third-order valence-corrected chi connectivity index (χ3v) is 13.1. The predicted molar refractivity (Wildman–Crippen MR) is 166 cm³/mol. The first-order valence-corrected chi connectivity index (χ1v) is 17.4. The molecule has 0 amide bonds. The molecular weight excluding hydrogens is 508 g/mol. The van der Waals surface area contributed by atoms with Gasteiger partial charge in [0, 0.05) is 14.7 Å². The van der Waals surface area contributed by atoms with E-state index in [1.165, 1.54) is 56.1 Å². The molecule has 4 bridgehead atoms. The van der Waals surface area contributed by atoms with Gasteiger partial charge < -0.3 is 4.18 Å². The van der Waals surface area contributed by atoms with Crippen LogP contribution in [0, 0.1) is 23.2 Å². The molecule has 4 fully saturated rings. The van der Waals surface area contributed by atoms with E-state index in [0.717, 1.165) is 46.8 Å². The minimum absolute atomic E-state index is 0.0653. The summed E-state index contributed by atoms with van der Waals surface area (Å²) in [6, 6.07) is 28.7. The quantitative estimate of drug-likeness (QED) is 0.236. The second-order valence-corrected chi connectivity index (χ2v) is 15.6. The first kappa shape index (κ1) is 27.6. The van der Waals surface area contributed by atoms with Crippen molar-refractivity contribution in [2.24, 2.45) is 23.2 Å². The molecule has 3 aromatic rings. The Bertz CT molecular complexity index is 1190. The van der Waals surface area contributed by atoms with Gasteiger partial charge in [0.2, 0.25) is 0 Å². The lowest BCUT2D eigenvalue weighted by atomic mass is 9.49. The number of benzene rings is 3. The fraction of sp³-hybridized carbons (Fsp3) is 0.486. The van der Waals surface area contributed by atoms with Crippen LogP contribution in [0.25, 0.3) is 0 Å². The zero-order chi connectivity index (χ0) is 27.6. The molecule has 0 spiro atoms. The Morgan fingerprint density at radius 3 is 1.52 bits per heavy atom. The molecule has 4 aliphatic rings. The maximum atomic E-state index is 14.6. The predicted octanol–water partition coefficient (Wildman–Crippen LogP) is 10.3. The Hall–Kier alpha value is -2.52. The van der Waals surface area contributed by atoms with Crippen molar-refractivity contribution in [2.75, 3.05) is 0 Å². The third kappa shape index (κ3) is 5.27. The fourth-order valence-electron chi connectivity index (χ4n) is 8.18. The Kier molecular flexibility index (Phi) is 8.13. The zero-order valence-electron chi connectivity index (χ0n) is 24.4. The molecule has 0 N–H and O–H groups in total. The molecule has 2 nitrogen and oxygen atoms in total. The third-order valence-electron chi connectivity index (χ3n) is 9.90. The molecule has 0 atom stereocenters. The summed E-state index contributed by atoms with van der Waals surface area (Å²) in [5, 5.41) is 0. The van der Waals surface area contributed by atoms with E-state index in [9.17, 15) is 4.79 Å². The molecule has 0 aromatic heterocycles. The lowest BCUT2D eigenvalue weighted by Gasteiger charge is -2.56. The van der Waals surface area contributed by atoms with E-state index in [1.807, 2.05) is 0 Å². The van der Waals surface area contributed by atoms with Gasteiger partial charge in [-0.25, -0.2) is 0 Å². The van der Waals surface area contributed by atoms with Crippen LogP contribution >= 0.6 is 10.3 Å². The van der Waals surface area contributed by atoms with Gasteiger partial charge in [-0.05, 0) is 140 Å². The molecule has 7 rings (SSSR count). The maximum Gasteiger partial charge on any atom is 0.323 e. The topological polar surface area (TPSA) is 26.3 Å². The van der Waals surface area contributed by atoms with Crippen molar-refractivity contribution >= 4 is 16.3 Å². The van der Waals surface area contributed by atoms with Crippen molar-refractivity contribution in [1.82, 2.24) is 0 Å². The summed E-state index contributed by atoms with van der Waals surface area (Å²) in [4.78, 5) is 18.0. The number of unbranched alkanes of at least 4 members (excludes halogenated alkanes) is 2. The number of hydrogen-bond acceptors (Lipinski definition) is 2. The van der Waals surface area contributed by atoms with Gasteiger partial charge in [-0.1, -0.05) is 69.2 Å². The molecule has 0 aliphatic heterocycles. The van der Waals surface area contributed by atoms with Crippen LogP contribution in [-0.4, -0.2) is 5.97 Å². The molecule has 40 heavy (non-hydrogen) atoms. The van der Waals surface area contributed by atoms with Crippen LogP contribution < -0.4 is 0 Å². The van der Waals surface area contributed by atoms with Crippen LogP contribution in [0.5, 0.6) is 0 Å². The summed E-state index contributed by atoms with van der Waals surface area (Å²) in [5.41, 5.74) is 2.41. The minimum Gasteiger partial charge on any atom is -0.402 e. The van der Waals surface area contributed by atoms with Crippen molar-refractivity contribution in [1.29, 1.82) is 0 Å². The van der Waals surface area contributed by atoms with Crippen LogP contribution in [0.15, 0.2) is 93.5 Å². The first-order chi connectivity index (χ1) is 19.5. The largest absolute Gasteiger partial charge is 0.402 e. The van der Waals surface area contributed by atoms with Crippen LogP contribution in [-0.2, 0) is 21.8 Å². The van der Waals surface area contributed by atoms with E-state index in [4.69, 9.17) is 4.18 Å². The number of rotatable bonds is 11. The second kappa shape index (κ2) is 11.8. The molecule has 4 saturated carbocycles. The molecule has 4 aliphatic carbocycles. The molecule has 3 heteroatoms. The lowest BCUT2D eigenvalue weighted by Crippen LogP contribution is -2.50. The van der Waals surface area contributed by atoms with E-state index in [-0.39, 0.29) is 11.4 Å². The van der Waals surface area contributed by atoms with Gasteiger partial charge >= 0.3 is 5.97 Å². The van der Waals surface area contributed by atoms with Gasteiger partial charge in [0.1, 0.15) is 0 Å². The number of hydrogen-bond donors (Lipinski definition) is 0. The van der Waals surface area contributed by atoms with Crippen molar-refractivity contribution < 1.29 is 8.98 Å². The smallest absolute Gasteiger partial charge is 0.323 e. The number of aryl methyl sites for hydroxylation is 2. The minimum atomic E-state index is -2.25. The lowest BCUT2D eigenvalue weighted by molar-refractivity contribution is -0.160. The van der Waals surface area contributed by atoms with Gasteiger partial charge in [-0.2, -0.15) is 0 Å². The monoisotopic (exact) mass is 554 g/mol. The Morgan fingerprint density at radius 1 is 0.675 bits per heavy atom. The van der Waals surface area contributed by atoms with Crippen LogP contribution in [0.1, 0.15) is 89.2 Å². The average Bonchev–Trinajstić information content (AvgIpc) is 2.98. The summed E-state index contributed by atoms with van der Waals surface area (Å²) in [7, 11) is -2.25. The molecule has 0 saturated heterocycles. The van der Waals surface area contributed by atoms with E-state index in [0.29, 0.717) is 17.8 Å². The highest BCUT2D eigenvalue weighted by Crippen LogP contribution is 2.71. The summed E-state index contributed by atoms with van der Waals surface area (Å²) < 4.78 is 7.17. The molecule has 0 unspecified atom stereocenters. The van der Waals surface area contributed by atoms with Gasteiger partial charge in [-0.15, -0.1) is 0 Å². The summed E-state index contributed by atoms with van der Waals surface area (Å²) in [6.07, 6.45) is 14.0. The second-order valence-electron chi connectivity index (χ2n) is 12.9. The summed E-state index contributed by atoms with van der Waals surface area (Å²) >= 11 is 0. The molecule has 212 valence electrons. The first-order valence-electron chi connectivity index (χ1n) is 15.8. The molecule has 0 radical (unpaired) electrons. The fourth-order valence-corrected chi connectivity index (χ4v) is 11.3. The van der Waals surface area contributed by atoms with Gasteiger partial charge in [0.15, 0.2) is 0 Å². The normalized spacial score (nSPS) is 25.6. The molecular formula is C37H46O2S. The van der Waals surface area contributed by atoms with Gasteiger partial charge in [0.25, 0.3) is 0 Å². The Morgan fingerprint density at radius 2 is 1.10 bits per heavy atom. The highest BCUT2D eigenvalue weighted by molar-refractivity contribution is 8.30. The summed E-state index contributed by atoms with van der Waals surface area (Å²) in [6.45, 7) is 4.49. The van der Waals surface area contributed by atoms with Crippen LogP contribution in [0.4, 0.5) is 0 Å². The zero-order valence-corrected chi connectivity index (χ0v) is 25.3. The summed E-state index contributed by atoms with van der Waals surface area (Å²) in [5.74, 6) is 2.18. The van der Waals surface area contributed by atoms with Gasteiger partial charge in [-0.3, -0.25) is 4.79 Å². The Balaban J connectivity index is 1.45. The van der Waals surface area contributed by atoms with E-state index in [2.05, 4.69) is 92.7 Å². The van der Waals surface area contributed by atoms with Crippen molar-refractivity contribution in [2.45, 2.75) is 106 Å². The molecule has 3 aromatic carbocycles. The Labute approximate surface area is 243 Å². The van der Waals surface area contributed by atoms with Gasteiger partial charge in [0.05, 0.1) is 5.41 Å². The number of carbonyl (C=O) groups excluding carboxylic acids is 1. The highest BCUT2D eigenvalue weighted by Gasteiger charge is 2.57. The average molecular weight is 555 g/mol. The number of carbonyl (C=O) groups is 1. The highest BCUT2D eigenvalue weighted by atomic mass is 32.3.